The Balaban J connectivity index is 1.81. The van der Waals surface area contributed by atoms with Crippen molar-refractivity contribution in [3.05, 3.63) is 24.3 Å². The molecule has 2 rings (SSSR count). The number of likely N-dealkylation sites (tertiary alicyclic amines) is 1. The second-order valence-electron chi connectivity index (χ2n) is 7.41. The van der Waals surface area contributed by atoms with Crippen LogP contribution in [0.4, 0.5) is 0 Å². The SMILES string of the molecule is CCNC(=NCC(C)Oc1ccccc1OC)NCCC(=O)N1CCCCC1C. The molecule has 0 saturated carbocycles. The van der Waals surface area contributed by atoms with Crippen LogP contribution in [-0.4, -0.2) is 62.2 Å². The zero-order valence-electron chi connectivity index (χ0n) is 18.2. The van der Waals surface area contributed by atoms with Crippen molar-refractivity contribution in [3.63, 3.8) is 0 Å². The van der Waals surface area contributed by atoms with Crippen molar-refractivity contribution in [1.82, 2.24) is 15.5 Å². The molecule has 0 aromatic heterocycles. The number of hydrogen-bond acceptors (Lipinski definition) is 4. The average Bonchev–Trinajstić information content (AvgIpc) is 2.72. The van der Waals surface area contributed by atoms with Crippen LogP contribution >= 0.6 is 0 Å². The molecular formula is C22H36N4O3. The maximum atomic E-state index is 12.5. The third-order valence-corrected chi connectivity index (χ3v) is 5.00. The highest BCUT2D eigenvalue weighted by atomic mass is 16.5. The first-order valence-corrected chi connectivity index (χ1v) is 10.7. The van der Waals surface area contributed by atoms with Crippen LogP contribution in [0.25, 0.3) is 0 Å². The van der Waals surface area contributed by atoms with E-state index >= 15 is 0 Å². The lowest BCUT2D eigenvalue weighted by Crippen LogP contribution is -2.44. The van der Waals surface area contributed by atoms with E-state index in [1.54, 1.807) is 7.11 Å². The molecule has 1 aliphatic heterocycles. The summed E-state index contributed by atoms with van der Waals surface area (Å²) in [5.41, 5.74) is 0. The van der Waals surface area contributed by atoms with Crippen LogP contribution in [-0.2, 0) is 4.79 Å². The number of nitrogens with one attached hydrogen (secondary N) is 2. The highest BCUT2D eigenvalue weighted by Gasteiger charge is 2.22. The number of guanidine groups is 1. The Hall–Kier alpha value is -2.44. The second-order valence-corrected chi connectivity index (χ2v) is 7.41. The van der Waals surface area contributed by atoms with Gasteiger partial charge in [-0.2, -0.15) is 0 Å². The van der Waals surface area contributed by atoms with Gasteiger partial charge in [-0.1, -0.05) is 12.1 Å². The smallest absolute Gasteiger partial charge is 0.224 e. The van der Waals surface area contributed by atoms with Crippen LogP contribution < -0.4 is 20.1 Å². The lowest BCUT2D eigenvalue weighted by Gasteiger charge is -2.33. The van der Waals surface area contributed by atoms with Crippen molar-refractivity contribution >= 4 is 11.9 Å². The van der Waals surface area contributed by atoms with Gasteiger partial charge < -0.3 is 25.0 Å². The normalized spacial score (nSPS) is 18.1. The third kappa shape index (κ3) is 7.48. The molecule has 162 valence electrons. The van der Waals surface area contributed by atoms with Gasteiger partial charge in [-0.25, -0.2) is 4.99 Å². The summed E-state index contributed by atoms with van der Waals surface area (Å²) in [6.07, 6.45) is 3.79. The Morgan fingerprint density at radius 3 is 2.72 bits per heavy atom. The molecule has 2 atom stereocenters. The van der Waals surface area contributed by atoms with Gasteiger partial charge in [-0.05, 0) is 52.2 Å². The van der Waals surface area contributed by atoms with Gasteiger partial charge in [0.05, 0.1) is 13.7 Å². The molecule has 0 spiro atoms. The van der Waals surface area contributed by atoms with E-state index in [9.17, 15) is 4.79 Å². The molecule has 7 heteroatoms. The Labute approximate surface area is 174 Å². The monoisotopic (exact) mass is 404 g/mol. The van der Waals surface area contributed by atoms with Crippen molar-refractivity contribution in [2.75, 3.05) is 33.3 Å². The van der Waals surface area contributed by atoms with E-state index in [4.69, 9.17) is 9.47 Å². The maximum absolute atomic E-state index is 12.5. The lowest BCUT2D eigenvalue weighted by atomic mass is 10.0. The Kier molecular flexibility index (Phi) is 9.60. The van der Waals surface area contributed by atoms with Gasteiger partial charge in [0, 0.05) is 32.1 Å². The summed E-state index contributed by atoms with van der Waals surface area (Å²) in [4.78, 5) is 19.1. The largest absolute Gasteiger partial charge is 0.493 e. The summed E-state index contributed by atoms with van der Waals surface area (Å²) in [6.45, 7) is 8.82. The number of hydrogen-bond donors (Lipinski definition) is 2. The van der Waals surface area contributed by atoms with E-state index < -0.39 is 0 Å². The van der Waals surface area contributed by atoms with Crippen molar-refractivity contribution in [2.45, 2.75) is 58.6 Å². The fourth-order valence-electron chi connectivity index (χ4n) is 3.43. The quantitative estimate of drug-likeness (QED) is 0.489. The molecule has 1 aromatic carbocycles. The van der Waals surface area contributed by atoms with Crippen LogP contribution in [0.3, 0.4) is 0 Å². The average molecular weight is 405 g/mol. The summed E-state index contributed by atoms with van der Waals surface area (Å²) >= 11 is 0. The Morgan fingerprint density at radius 1 is 1.28 bits per heavy atom. The van der Waals surface area contributed by atoms with E-state index in [0.717, 1.165) is 25.9 Å². The summed E-state index contributed by atoms with van der Waals surface area (Å²) in [6, 6.07) is 7.94. The molecule has 1 aliphatic rings. The number of amides is 1. The van der Waals surface area contributed by atoms with E-state index in [-0.39, 0.29) is 12.0 Å². The van der Waals surface area contributed by atoms with E-state index in [2.05, 4.69) is 22.5 Å². The van der Waals surface area contributed by atoms with Crippen LogP contribution in [0.15, 0.2) is 29.3 Å². The number of para-hydroxylation sites is 2. The number of aliphatic imine (C=N–C) groups is 1. The molecule has 1 aromatic rings. The maximum Gasteiger partial charge on any atom is 0.224 e. The van der Waals surface area contributed by atoms with Crippen molar-refractivity contribution < 1.29 is 14.3 Å². The van der Waals surface area contributed by atoms with Crippen LogP contribution in [0, 0.1) is 0 Å². The molecule has 2 unspecified atom stereocenters. The molecule has 1 saturated heterocycles. The molecule has 0 radical (unpaired) electrons. The van der Waals surface area contributed by atoms with Gasteiger partial charge in [-0.3, -0.25) is 4.79 Å². The minimum atomic E-state index is -0.113. The highest BCUT2D eigenvalue weighted by molar-refractivity contribution is 5.81. The van der Waals surface area contributed by atoms with Gasteiger partial charge in [0.2, 0.25) is 5.91 Å². The van der Waals surface area contributed by atoms with Crippen LogP contribution in [0.5, 0.6) is 11.5 Å². The van der Waals surface area contributed by atoms with E-state index in [1.165, 1.54) is 6.42 Å². The second kappa shape index (κ2) is 12.2. The molecule has 7 nitrogen and oxygen atoms in total. The molecule has 0 aliphatic carbocycles. The zero-order chi connectivity index (χ0) is 21.1. The van der Waals surface area contributed by atoms with Gasteiger partial charge in [0.1, 0.15) is 6.10 Å². The first-order valence-electron chi connectivity index (χ1n) is 10.7. The molecule has 0 bridgehead atoms. The summed E-state index contributed by atoms with van der Waals surface area (Å²) in [5.74, 6) is 2.33. The highest BCUT2D eigenvalue weighted by Crippen LogP contribution is 2.26. The first-order chi connectivity index (χ1) is 14.0. The molecule has 1 amide bonds. The van der Waals surface area contributed by atoms with Gasteiger partial charge in [0.25, 0.3) is 0 Å². The number of nitrogens with zero attached hydrogens (tertiary/aromatic N) is 2. The number of rotatable bonds is 9. The summed E-state index contributed by atoms with van der Waals surface area (Å²) < 4.78 is 11.3. The molecule has 2 N–H and O–H groups in total. The number of methoxy groups -OCH3 is 1. The number of ether oxygens (including phenoxy) is 2. The number of carbonyl (C=O) groups is 1. The van der Waals surface area contributed by atoms with Crippen molar-refractivity contribution in [2.24, 2.45) is 4.99 Å². The van der Waals surface area contributed by atoms with Crippen molar-refractivity contribution in [1.29, 1.82) is 0 Å². The van der Waals surface area contributed by atoms with E-state index in [1.807, 2.05) is 43.0 Å². The first kappa shape index (κ1) is 22.8. The Bertz CT molecular complexity index is 665. The molecule has 1 fully saturated rings. The number of benzene rings is 1. The number of piperidine rings is 1. The molecular weight excluding hydrogens is 368 g/mol. The van der Waals surface area contributed by atoms with Crippen LogP contribution in [0.1, 0.15) is 46.5 Å². The van der Waals surface area contributed by atoms with Crippen molar-refractivity contribution in [3.8, 4) is 11.5 Å². The number of carbonyl (C=O) groups excluding carboxylic acids is 1. The summed E-state index contributed by atoms with van der Waals surface area (Å²) in [5, 5.41) is 6.48. The predicted molar refractivity (Wildman–Crippen MR) is 117 cm³/mol. The van der Waals surface area contributed by atoms with Crippen LogP contribution in [0.2, 0.25) is 0 Å². The molecule has 29 heavy (non-hydrogen) atoms. The third-order valence-electron chi connectivity index (χ3n) is 5.00. The van der Waals surface area contributed by atoms with Gasteiger partial charge >= 0.3 is 0 Å². The fraction of sp³-hybridized carbons (Fsp3) is 0.636. The lowest BCUT2D eigenvalue weighted by molar-refractivity contribution is -0.134. The fourth-order valence-corrected chi connectivity index (χ4v) is 3.43. The minimum Gasteiger partial charge on any atom is -0.493 e. The van der Waals surface area contributed by atoms with E-state index in [0.29, 0.717) is 43.0 Å². The summed E-state index contributed by atoms with van der Waals surface area (Å²) in [7, 11) is 1.63. The predicted octanol–water partition coefficient (Wildman–Crippen LogP) is 2.81. The standard InChI is InChI=1S/C22H36N4O3/c1-5-23-22(24-14-13-21(27)26-15-9-8-10-17(26)2)25-16-18(3)29-20-12-7-6-11-19(20)28-4/h6-7,11-12,17-18H,5,8-10,13-16H2,1-4H3,(H2,23,24,25). The molecule has 1 heterocycles. The minimum absolute atomic E-state index is 0.113. The topological polar surface area (TPSA) is 75.2 Å². The zero-order valence-corrected chi connectivity index (χ0v) is 18.2. The van der Waals surface area contributed by atoms with Gasteiger partial charge in [-0.15, -0.1) is 0 Å². The Morgan fingerprint density at radius 2 is 2.03 bits per heavy atom. The van der Waals surface area contributed by atoms with Gasteiger partial charge in [0.15, 0.2) is 17.5 Å².